The van der Waals surface area contributed by atoms with Gasteiger partial charge in [-0.2, -0.15) is 0 Å². The Kier molecular flexibility index (Phi) is 18.5. The lowest BCUT2D eigenvalue weighted by Crippen LogP contribution is -1.89. The number of rotatable bonds is 5. The van der Waals surface area contributed by atoms with E-state index in [1.54, 1.807) is 0 Å². The first kappa shape index (κ1) is 12.7. The van der Waals surface area contributed by atoms with Gasteiger partial charge in [0.1, 0.15) is 0 Å². The molecular formula is C8H16O3. The number of ether oxygens (including phenoxy) is 1. The molecule has 0 saturated heterocycles. The van der Waals surface area contributed by atoms with E-state index in [4.69, 9.17) is 14.9 Å². The number of hydrogen-bond donors (Lipinski definition) is 2. The topological polar surface area (TPSA) is 49.7 Å². The minimum atomic E-state index is 0.250. The lowest BCUT2D eigenvalue weighted by atomic mass is 10.3. The average molecular weight is 160 g/mol. The van der Waals surface area contributed by atoms with Gasteiger partial charge in [0.25, 0.3) is 0 Å². The van der Waals surface area contributed by atoms with Crippen LogP contribution >= 0.6 is 0 Å². The maximum atomic E-state index is 8.28. The molecule has 0 radical (unpaired) electrons. The molecule has 0 unspecified atom stereocenters. The van der Waals surface area contributed by atoms with E-state index in [1.165, 1.54) is 6.26 Å². The van der Waals surface area contributed by atoms with Gasteiger partial charge in [0, 0.05) is 6.61 Å². The Morgan fingerprint density at radius 2 is 1.82 bits per heavy atom. The number of unbranched alkanes of at least 4 members (excludes halogenated alkanes) is 1. The highest BCUT2D eigenvalue weighted by atomic mass is 16.5. The Morgan fingerprint density at radius 1 is 1.27 bits per heavy atom. The molecule has 0 aliphatic carbocycles. The molecule has 11 heavy (non-hydrogen) atoms. The van der Waals surface area contributed by atoms with E-state index >= 15 is 0 Å². The van der Waals surface area contributed by atoms with Crippen LogP contribution in [0.3, 0.4) is 0 Å². The van der Waals surface area contributed by atoms with Gasteiger partial charge in [-0.1, -0.05) is 13.2 Å². The van der Waals surface area contributed by atoms with Crippen LogP contribution in [0.5, 0.6) is 0 Å². The standard InChI is InChI=1S/C6H12O2.C2H4O/c1-2-8-6-4-3-5-7;1-2-3/h2,7H,1,3-6H2;2-3H,1H2. The van der Waals surface area contributed by atoms with Crippen LogP contribution in [0.1, 0.15) is 12.8 Å². The SMILES string of the molecule is C=CO.C=COCCCCO. The third kappa shape index (κ3) is 27.5. The monoisotopic (exact) mass is 160 g/mol. The van der Waals surface area contributed by atoms with E-state index in [2.05, 4.69) is 13.2 Å². The summed E-state index contributed by atoms with van der Waals surface area (Å²) in [5.74, 6) is 0. The van der Waals surface area contributed by atoms with Gasteiger partial charge in [0.05, 0.1) is 19.1 Å². The summed E-state index contributed by atoms with van der Waals surface area (Å²) in [4.78, 5) is 0. The zero-order valence-corrected chi connectivity index (χ0v) is 6.70. The Morgan fingerprint density at radius 3 is 2.18 bits per heavy atom. The molecule has 66 valence electrons. The highest BCUT2D eigenvalue weighted by Crippen LogP contribution is 1.87. The fourth-order valence-electron chi connectivity index (χ4n) is 0.381. The van der Waals surface area contributed by atoms with Gasteiger partial charge in [-0.25, -0.2) is 0 Å². The molecule has 0 aliphatic heterocycles. The second-order valence-corrected chi connectivity index (χ2v) is 1.65. The molecule has 0 spiro atoms. The molecule has 3 nitrogen and oxygen atoms in total. The van der Waals surface area contributed by atoms with Gasteiger partial charge in [0.15, 0.2) is 0 Å². The van der Waals surface area contributed by atoms with Crippen molar-refractivity contribution in [2.75, 3.05) is 13.2 Å². The van der Waals surface area contributed by atoms with Crippen LogP contribution in [-0.2, 0) is 4.74 Å². The minimum absolute atomic E-state index is 0.250. The Balaban J connectivity index is 0. The van der Waals surface area contributed by atoms with Crippen molar-refractivity contribution in [1.29, 1.82) is 0 Å². The molecule has 0 amide bonds. The van der Waals surface area contributed by atoms with Crippen molar-refractivity contribution in [3.05, 3.63) is 25.7 Å². The Labute approximate surface area is 67.6 Å². The summed E-state index contributed by atoms with van der Waals surface area (Å²) in [6.45, 7) is 7.21. The summed E-state index contributed by atoms with van der Waals surface area (Å²) >= 11 is 0. The van der Waals surface area contributed by atoms with E-state index < -0.39 is 0 Å². The van der Waals surface area contributed by atoms with Crippen LogP contribution in [0.25, 0.3) is 0 Å². The quantitative estimate of drug-likeness (QED) is 0.474. The van der Waals surface area contributed by atoms with Crippen molar-refractivity contribution in [3.63, 3.8) is 0 Å². The summed E-state index contributed by atoms with van der Waals surface area (Å²) < 4.78 is 4.79. The maximum Gasteiger partial charge on any atom is 0.0873 e. The fraction of sp³-hybridized carbons (Fsp3) is 0.500. The smallest absolute Gasteiger partial charge is 0.0873 e. The van der Waals surface area contributed by atoms with Gasteiger partial charge >= 0.3 is 0 Å². The summed E-state index contributed by atoms with van der Waals surface area (Å²) in [6.07, 6.45) is 3.88. The summed E-state index contributed by atoms with van der Waals surface area (Å²) in [7, 11) is 0. The first-order chi connectivity index (χ1) is 5.33. The lowest BCUT2D eigenvalue weighted by molar-refractivity contribution is 0.220. The second-order valence-electron chi connectivity index (χ2n) is 1.65. The van der Waals surface area contributed by atoms with Crippen LogP contribution in [0.2, 0.25) is 0 Å². The first-order valence-electron chi connectivity index (χ1n) is 3.42. The Hall–Kier alpha value is -0.960. The van der Waals surface area contributed by atoms with E-state index in [9.17, 15) is 0 Å². The number of hydrogen-bond acceptors (Lipinski definition) is 3. The van der Waals surface area contributed by atoms with Crippen LogP contribution in [-0.4, -0.2) is 23.4 Å². The van der Waals surface area contributed by atoms with E-state index in [0.717, 1.165) is 19.1 Å². The third-order valence-corrected chi connectivity index (χ3v) is 0.788. The summed E-state index contributed by atoms with van der Waals surface area (Å²) in [6, 6.07) is 0. The van der Waals surface area contributed by atoms with Crippen LogP contribution in [0.15, 0.2) is 25.7 Å². The van der Waals surface area contributed by atoms with Gasteiger partial charge in [-0.05, 0) is 12.8 Å². The van der Waals surface area contributed by atoms with Gasteiger partial charge < -0.3 is 14.9 Å². The molecule has 2 N–H and O–H groups in total. The van der Waals surface area contributed by atoms with E-state index in [1.807, 2.05) is 0 Å². The highest BCUT2D eigenvalue weighted by Gasteiger charge is 1.81. The predicted octanol–water partition coefficient (Wildman–Crippen LogP) is 1.61. The van der Waals surface area contributed by atoms with Crippen molar-refractivity contribution in [3.8, 4) is 0 Å². The molecule has 0 fully saturated rings. The van der Waals surface area contributed by atoms with E-state index in [-0.39, 0.29) is 6.61 Å². The fourth-order valence-corrected chi connectivity index (χ4v) is 0.381. The van der Waals surface area contributed by atoms with E-state index in [0.29, 0.717) is 6.61 Å². The predicted molar refractivity (Wildman–Crippen MR) is 45.3 cm³/mol. The van der Waals surface area contributed by atoms with Crippen molar-refractivity contribution in [2.24, 2.45) is 0 Å². The molecule has 0 aromatic rings. The van der Waals surface area contributed by atoms with Crippen molar-refractivity contribution in [1.82, 2.24) is 0 Å². The molecule has 0 bridgehead atoms. The van der Waals surface area contributed by atoms with Crippen molar-refractivity contribution in [2.45, 2.75) is 12.8 Å². The Bertz CT molecular complexity index is 81.4. The zero-order chi connectivity index (χ0) is 8.95. The van der Waals surface area contributed by atoms with Crippen LogP contribution in [0, 0.1) is 0 Å². The van der Waals surface area contributed by atoms with Crippen LogP contribution in [0.4, 0.5) is 0 Å². The van der Waals surface area contributed by atoms with Gasteiger partial charge in [-0.3, -0.25) is 0 Å². The second kappa shape index (κ2) is 16.0. The van der Waals surface area contributed by atoms with Crippen molar-refractivity contribution >= 4 is 0 Å². The molecule has 0 heterocycles. The van der Waals surface area contributed by atoms with Gasteiger partial charge in [-0.15, -0.1) is 0 Å². The normalized spacial score (nSPS) is 7.36. The summed E-state index contributed by atoms with van der Waals surface area (Å²) in [5.41, 5.74) is 0. The number of aliphatic hydroxyl groups is 2. The van der Waals surface area contributed by atoms with Gasteiger partial charge in [0.2, 0.25) is 0 Å². The highest BCUT2D eigenvalue weighted by molar-refractivity contribution is 4.48. The molecule has 0 aromatic heterocycles. The average Bonchev–Trinajstić information content (AvgIpc) is 2.00. The number of aliphatic hydroxyl groups excluding tert-OH is 2. The minimum Gasteiger partial charge on any atom is -0.516 e. The third-order valence-electron chi connectivity index (χ3n) is 0.788. The first-order valence-corrected chi connectivity index (χ1v) is 3.42. The van der Waals surface area contributed by atoms with Crippen molar-refractivity contribution < 1.29 is 14.9 Å². The zero-order valence-electron chi connectivity index (χ0n) is 6.70. The molecule has 3 heteroatoms. The molecule has 0 atom stereocenters. The van der Waals surface area contributed by atoms with Crippen LogP contribution < -0.4 is 0 Å². The lowest BCUT2D eigenvalue weighted by Gasteiger charge is -1.95. The summed E-state index contributed by atoms with van der Waals surface area (Å²) in [5, 5.41) is 15.6. The molecule has 0 saturated carbocycles. The molecule has 0 aromatic carbocycles. The molecular weight excluding hydrogens is 144 g/mol. The largest absolute Gasteiger partial charge is 0.516 e. The molecule has 0 rings (SSSR count). The maximum absolute atomic E-state index is 8.28. The molecule has 0 aliphatic rings.